The van der Waals surface area contributed by atoms with Crippen LogP contribution in [0.3, 0.4) is 0 Å². The number of hydrogen-bond donors (Lipinski definition) is 2. The zero-order valence-electron chi connectivity index (χ0n) is 9.87. The second kappa shape index (κ2) is 8.98. The Labute approximate surface area is 136 Å². The summed E-state index contributed by atoms with van der Waals surface area (Å²) in [5, 5.41) is 23.5. The molecule has 18 heavy (non-hydrogen) atoms. The van der Waals surface area contributed by atoms with Gasteiger partial charge in [0.2, 0.25) is 0 Å². The van der Waals surface area contributed by atoms with Crippen LogP contribution in [0, 0.1) is 17.0 Å². The first-order valence-corrected chi connectivity index (χ1v) is 6.70. The van der Waals surface area contributed by atoms with Crippen LogP contribution >= 0.6 is 46.6 Å². The van der Waals surface area contributed by atoms with E-state index in [1.54, 1.807) is 6.92 Å². The number of halogens is 2. The van der Waals surface area contributed by atoms with Gasteiger partial charge in [0, 0.05) is 24.4 Å². The molecule has 104 valence electrons. The maximum atomic E-state index is 10.7. The Kier molecular flexibility index (Phi) is 8.98. The first-order valence-electron chi connectivity index (χ1n) is 5.17. The van der Waals surface area contributed by atoms with Crippen molar-refractivity contribution in [2.75, 3.05) is 17.5 Å². The summed E-state index contributed by atoms with van der Waals surface area (Å²) in [6.07, 6.45) is 0.546. The van der Waals surface area contributed by atoms with Crippen LogP contribution in [0.25, 0.3) is 0 Å². The van der Waals surface area contributed by atoms with Crippen molar-refractivity contribution in [3.05, 3.63) is 22.1 Å². The van der Waals surface area contributed by atoms with E-state index in [1.165, 1.54) is 10.8 Å². The Bertz CT molecular complexity index is 386. The van der Waals surface area contributed by atoms with E-state index >= 15 is 0 Å². The number of rotatable bonds is 7. The molecule has 0 radical (unpaired) electrons. The summed E-state index contributed by atoms with van der Waals surface area (Å²) in [5.74, 6) is 0.445. The molecule has 0 saturated carbocycles. The standard InChI is InChI=1S/C9H15IN4O3.HI/c1-7-12-5-9(14(16)17)13(7)6-8(15)4-11-3-2-10;/h5,8,11,15H,2-4,6H2,1H3;1H. The molecule has 1 aromatic heterocycles. The van der Waals surface area contributed by atoms with E-state index in [9.17, 15) is 15.2 Å². The van der Waals surface area contributed by atoms with E-state index in [4.69, 9.17) is 0 Å². The van der Waals surface area contributed by atoms with Crippen LogP contribution in [0.4, 0.5) is 5.82 Å². The number of aliphatic hydroxyl groups excluding tert-OH is 1. The fourth-order valence-corrected chi connectivity index (χ4v) is 1.82. The van der Waals surface area contributed by atoms with Crippen LogP contribution in [0.15, 0.2) is 6.20 Å². The zero-order valence-corrected chi connectivity index (χ0v) is 14.4. The summed E-state index contributed by atoms with van der Waals surface area (Å²) in [6, 6.07) is 0. The average Bonchev–Trinajstić information content (AvgIpc) is 2.61. The predicted octanol–water partition coefficient (Wildman–Crippen LogP) is 1.10. The molecule has 0 aromatic carbocycles. The van der Waals surface area contributed by atoms with Gasteiger partial charge in [-0.15, -0.1) is 24.0 Å². The number of nitrogens with zero attached hydrogens (tertiary/aromatic N) is 3. The van der Waals surface area contributed by atoms with Gasteiger partial charge in [0.05, 0.1) is 0 Å². The molecule has 0 spiro atoms. The highest BCUT2D eigenvalue weighted by atomic mass is 127. The van der Waals surface area contributed by atoms with Crippen molar-refractivity contribution >= 4 is 52.4 Å². The summed E-state index contributed by atoms with van der Waals surface area (Å²) in [7, 11) is 0. The van der Waals surface area contributed by atoms with E-state index in [1.807, 2.05) is 0 Å². The SMILES string of the molecule is Cc1ncc([N+](=O)[O-])n1CC(O)CNCCI.I. The molecule has 7 nitrogen and oxygen atoms in total. The highest BCUT2D eigenvalue weighted by Crippen LogP contribution is 2.13. The topological polar surface area (TPSA) is 93.2 Å². The molecule has 0 saturated heterocycles. The molecule has 0 fully saturated rings. The van der Waals surface area contributed by atoms with Gasteiger partial charge < -0.3 is 20.5 Å². The second-order valence-corrected chi connectivity index (χ2v) is 4.66. The first kappa shape index (κ1) is 18.0. The Balaban J connectivity index is 0.00000289. The minimum atomic E-state index is -0.662. The summed E-state index contributed by atoms with van der Waals surface area (Å²) in [6.45, 7) is 3.08. The lowest BCUT2D eigenvalue weighted by Crippen LogP contribution is -2.31. The number of hydrogen-bond acceptors (Lipinski definition) is 5. The smallest absolute Gasteiger partial charge is 0.342 e. The molecule has 1 unspecified atom stereocenters. The quantitative estimate of drug-likeness (QED) is 0.200. The van der Waals surface area contributed by atoms with Gasteiger partial charge in [0.25, 0.3) is 0 Å². The van der Waals surface area contributed by atoms with Gasteiger partial charge in [-0.25, -0.2) is 9.55 Å². The van der Waals surface area contributed by atoms with Crippen molar-refractivity contribution in [1.29, 1.82) is 0 Å². The van der Waals surface area contributed by atoms with Gasteiger partial charge in [-0.05, 0) is 4.92 Å². The molecule has 0 aliphatic heterocycles. The molecule has 1 atom stereocenters. The zero-order chi connectivity index (χ0) is 12.8. The van der Waals surface area contributed by atoms with Crippen molar-refractivity contribution < 1.29 is 10.0 Å². The molecule has 9 heteroatoms. The second-order valence-electron chi connectivity index (χ2n) is 3.58. The fraction of sp³-hybridized carbons (Fsp3) is 0.667. The van der Waals surface area contributed by atoms with Gasteiger partial charge in [0.15, 0.2) is 5.82 Å². The van der Waals surface area contributed by atoms with Crippen molar-refractivity contribution in [3.8, 4) is 0 Å². The normalized spacial score (nSPS) is 11.9. The Morgan fingerprint density at radius 1 is 1.72 bits per heavy atom. The van der Waals surface area contributed by atoms with E-state index in [0.717, 1.165) is 11.0 Å². The Morgan fingerprint density at radius 3 is 2.94 bits per heavy atom. The number of nitro groups is 1. The number of aromatic nitrogens is 2. The summed E-state index contributed by atoms with van der Waals surface area (Å²) >= 11 is 2.23. The molecular formula is C9H16I2N4O3. The largest absolute Gasteiger partial charge is 0.388 e. The Hall–Kier alpha value is -0.0100. The van der Waals surface area contributed by atoms with Crippen LogP contribution in [0.1, 0.15) is 5.82 Å². The van der Waals surface area contributed by atoms with Crippen molar-refractivity contribution in [1.82, 2.24) is 14.9 Å². The molecule has 2 N–H and O–H groups in total. The first-order chi connectivity index (χ1) is 8.06. The van der Waals surface area contributed by atoms with Crippen LogP contribution < -0.4 is 5.32 Å². The molecule has 0 aliphatic carbocycles. The number of aliphatic hydroxyl groups is 1. The third-order valence-electron chi connectivity index (χ3n) is 2.27. The molecule has 0 bridgehead atoms. The Morgan fingerprint density at radius 2 is 2.39 bits per heavy atom. The number of nitrogens with one attached hydrogen (secondary N) is 1. The van der Waals surface area contributed by atoms with Gasteiger partial charge in [-0.2, -0.15) is 0 Å². The van der Waals surface area contributed by atoms with E-state index < -0.39 is 11.0 Å². The van der Waals surface area contributed by atoms with E-state index in [-0.39, 0.29) is 36.3 Å². The van der Waals surface area contributed by atoms with Crippen molar-refractivity contribution in [2.24, 2.45) is 0 Å². The van der Waals surface area contributed by atoms with Gasteiger partial charge in [-0.1, -0.05) is 22.6 Å². The van der Waals surface area contributed by atoms with Gasteiger partial charge >= 0.3 is 5.82 Å². The van der Waals surface area contributed by atoms with Gasteiger partial charge in [-0.3, -0.25) is 0 Å². The lowest BCUT2D eigenvalue weighted by atomic mass is 10.3. The molecule has 1 rings (SSSR count). The molecule has 0 amide bonds. The third kappa shape index (κ3) is 5.32. The fourth-order valence-electron chi connectivity index (χ4n) is 1.44. The van der Waals surface area contributed by atoms with E-state index in [2.05, 4.69) is 32.9 Å². The molecular weight excluding hydrogens is 466 g/mol. The lowest BCUT2D eigenvalue weighted by molar-refractivity contribution is -0.392. The monoisotopic (exact) mass is 482 g/mol. The maximum absolute atomic E-state index is 10.7. The van der Waals surface area contributed by atoms with Crippen molar-refractivity contribution in [3.63, 3.8) is 0 Å². The highest BCUT2D eigenvalue weighted by Gasteiger charge is 2.20. The van der Waals surface area contributed by atoms with Crippen LogP contribution in [-0.4, -0.2) is 43.2 Å². The summed E-state index contributed by atoms with van der Waals surface area (Å²) < 4.78 is 2.37. The summed E-state index contributed by atoms with van der Waals surface area (Å²) in [5.41, 5.74) is 0. The van der Waals surface area contributed by atoms with Gasteiger partial charge in [0.1, 0.15) is 18.8 Å². The van der Waals surface area contributed by atoms with Crippen LogP contribution in [0.5, 0.6) is 0 Å². The van der Waals surface area contributed by atoms with Crippen LogP contribution in [0.2, 0.25) is 0 Å². The lowest BCUT2D eigenvalue weighted by Gasteiger charge is -2.10. The van der Waals surface area contributed by atoms with Crippen LogP contribution in [-0.2, 0) is 6.54 Å². The molecule has 1 aromatic rings. The number of alkyl halides is 1. The molecule has 1 heterocycles. The maximum Gasteiger partial charge on any atom is 0.342 e. The number of aryl methyl sites for hydroxylation is 1. The summed E-state index contributed by atoms with van der Waals surface area (Å²) in [4.78, 5) is 14.1. The third-order valence-corrected chi connectivity index (χ3v) is 2.81. The minimum Gasteiger partial charge on any atom is -0.388 e. The molecule has 0 aliphatic rings. The average molecular weight is 482 g/mol. The van der Waals surface area contributed by atoms with E-state index in [0.29, 0.717) is 12.4 Å². The highest BCUT2D eigenvalue weighted by molar-refractivity contribution is 14.1. The predicted molar refractivity (Wildman–Crippen MR) is 86.8 cm³/mol. The minimum absolute atomic E-state index is 0. The number of imidazole rings is 1. The van der Waals surface area contributed by atoms with Crippen molar-refractivity contribution in [2.45, 2.75) is 19.6 Å².